The zero-order chi connectivity index (χ0) is 15.8. The van der Waals surface area contributed by atoms with Crippen molar-refractivity contribution >= 4 is 5.91 Å². The average Bonchev–Trinajstić information content (AvgIpc) is 2.55. The molecule has 22 heavy (non-hydrogen) atoms. The van der Waals surface area contributed by atoms with Crippen LogP contribution >= 0.6 is 0 Å². The van der Waals surface area contributed by atoms with Gasteiger partial charge in [0, 0.05) is 18.5 Å². The Morgan fingerprint density at radius 3 is 2.55 bits per heavy atom. The summed E-state index contributed by atoms with van der Waals surface area (Å²) in [5.41, 5.74) is 1.43. The largest absolute Gasteiger partial charge is 0.395 e. The van der Waals surface area contributed by atoms with Crippen molar-refractivity contribution < 1.29 is 9.90 Å². The summed E-state index contributed by atoms with van der Waals surface area (Å²) in [6.07, 6.45) is 6.04. The fourth-order valence-electron chi connectivity index (χ4n) is 3.41. The van der Waals surface area contributed by atoms with E-state index in [9.17, 15) is 4.79 Å². The fourth-order valence-corrected chi connectivity index (χ4v) is 3.41. The highest BCUT2D eigenvalue weighted by atomic mass is 16.3. The Kier molecular flexibility index (Phi) is 6.40. The number of hydrogen-bond acceptors (Lipinski definition) is 3. The third-order valence-electron chi connectivity index (χ3n) is 4.72. The summed E-state index contributed by atoms with van der Waals surface area (Å²) in [6.45, 7) is 1.66. The summed E-state index contributed by atoms with van der Waals surface area (Å²) < 4.78 is 0. The molecule has 1 aromatic carbocycles. The molecule has 0 atom stereocenters. The van der Waals surface area contributed by atoms with E-state index in [0.717, 1.165) is 12.8 Å². The molecule has 0 saturated heterocycles. The maximum Gasteiger partial charge on any atom is 0.234 e. The van der Waals surface area contributed by atoms with Crippen molar-refractivity contribution in [2.45, 2.75) is 37.5 Å². The first kappa shape index (κ1) is 17.0. The number of carbonyl (C=O) groups excluding carboxylic acids is 1. The van der Waals surface area contributed by atoms with Gasteiger partial charge < -0.3 is 10.4 Å². The van der Waals surface area contributed by atoms with Gasteiger partial charge in [0.1, 0.15) is 0 Å². The van der Waals surface area contributed by atoms with Crippen LogP contribution in [0.3, 0.4) is 0 Å². The summed E-state index contributed by atoms with van der Waals surface area (Å²) in [6, 6.07) is 10.6. The van der Waals surface area contributed by atoms with E-state index in [4.69, 9.17) is 5.11 Å². The Labute approximate surface area is 133 Å². The van der Waals surface area contributed by atoms with Gasteiger partial charge in [-0.15, -0.1) is 0 Å². The summed E-state index contributed by atoms with van der Waals surface area (Å²) in [4.78, 5) is 13.9. The second-order valence-corrected chi connectivity index (χ2v) is 6.45. The van der Waals surface area contributed by atoms with Gasteiger partial charge in [-0.25, -0.2) is 0 Å². The number of hydrogen-bond donors (Lipinski definition) is 2. The summed E-state index contributed by atoms with van der Waals surface area (Å²) in [7, 11) is 1.85. The molecule has 0 radical (unpaired) electrons. The molecule has 1 amide bonds. The lowest BCUT2D eigenvalue weighted by molar-refractivity contribution is -0.122. The van der Waals surface area contributed by atoms with Gasteiger partial charge in [0.05, 0.1) is 13.2 Å². The van der Waals surface area contributed by atoms with E-state index in [-0.39, 0.29) is 17.9 Å². The SMILES string of the molecule is CN(CCO)CC(=O)NCC1(c2ccccc2)CCCCC1. The van der Waals surface area contributed by atoms with E-state index in [2.05, 4.69) is 29.6 Å². The number of aliphatic hydroxyl groups excluding tert-OH is 1. The molecule has 1 aliphatic carbocycles. The molecular formula is C18H28N2O2. The van der Waals surface area contributed by atoms with E-state index in [0.29, 0.717) is 19.6 Å². The molecule has 0 spiro atoms. The highest BCUT2D eigenvalue weighted by Gasteiger charge is 2.34. The zero-order valence-electron chi connectivity index (χ0n) is 13.6. The third kappa shape index (κ3) is 4.55. The Hall–Kier alpha value is -1.39. The Balaban J connectivity index is 1.98. The van der Waals surface area contributed by atoms with E-state index < -0.39 is 0 Å². The lowest BCUT2D eigenvalue weighted by Gasteiger charge is -2.38. The van der Waals surface area contributed by atoms with E-state index in [1.54, 1.807) is 0 Å². The van der Waals surface area contributed by atoms with Crippen LogP contribution in [-0.4, -0.2) is 49.2 Å². The molecule has 122 valence electrons. The van der Waals surface area contributed by atoms with Crippen molar-refractivity contribution in [3.63, 3.8) is 0 Å². The first-order chi connectivity index (χ1) is 10.7. The predicted molar refractivity (Wildman–Crippen MR) is 88.8 cm³/mol. The van der Waals surface area contributed by atoms with Crippen LogP contribution in [0.1, 0.15) is 37.7 Å². The number of carbonyl (C=O) groups is 1. The van der Waals surface area contributed by atoms with Crippen molar-refractivity contribution in [1.29, 1.82) is 0 Å². The zero-order valence-corrected chi connectivity index (χ0v) is 13.6. The van der Waals surface area contributed by atoms with Crippen LogP contribution in [-0.2, 0) is 10.2 Å². The first-order valence-electron chi connectivity index (χ1n) is 8.28. The minimum Gasteiger partial charge on any atom is -0.395 e. The average molecular weight is 304 g/mol. The van der Waals surface area contributed by atoms with Gasteiger partial charge in [0.2, 0.25) is 5.91 Å². The number of amides is 1. The fraction of sp³-hybridized carbons (Fsp3) is 0.611. The summed E-state index contributed by atoms with van der Waals surface area (Å²) >= 11 is 0. The number of rotatable bonds is 7. The molecule has 0 aliphatic heterocycles. The van der Waals surface area contributed by atoms with Gasteiger partial charge in [0.25, 0.3) is 0 Å². The molecule has 0 aromatic heterocycles. The Morgan fingerprint density at radius 2 is 1.91 bits per heavy atom. The topological polar surface area (TPSA) is 52.6 Å². The number of benzene rings is 1. The second-order valence-electron chi connectivity index (χ2n) is 6.45. The maximum atomic E-state index is 12.1. The van der Waals surface area contributed by atoms with Crippen LogP contribution in [0.4, 0.5) is 0 Å². The standard InChI is InChI=1S/C18H28N2O2/c1-20(12-13-21)14-17(22)19-15-18(10-6-3-7-11-18)16-8-4-2-5-9-16/h2,4-5,8-9,21H,3,6-7,10-15H2,1H3,(H,19,22). The molecule has 1 saturated carbocycles. The van der Waals surface area contributed by atoms with Gasteiger partial charge in [-0.1, -0.05) is 49.6 Å². The lowest BCUT2D eigenvalue weighted by atomic mass is 9.69. The van der Waals surface area contributed by atoms with Gasteiger partial charge in [-0.05, 0) is 25.5 Å². The maximum absolute atomic E-state index is 12.1. The number of likely N-dealkylation sites (N-methyl/N-ethyl adjacent to an activating group) is 1. The predicted octanol–water partition coefficient (Wildman–Crippen LogP) is 1.93. The van der Waals surface area contributed by atoms with Crippen LogP contribution in [0, 0.1) is 0 Å². The molecule has 4 heteroatoms. The highest BCUT2D eigenvalue weighted by Crippen LogP contribution is 2.38. The number of nitrogens with one attached hydrogen (secondary N) is 1. The number of nitrogens with zero attached hydrogens (tertiary/aromatic N) is 1. The van der Waals surface area contributed by atoms with Crippen LogP contribution in [0.5, 0.6) is 0 Å². The molecule has 0 heterocycles. The summed E-state index contributed by atoms with van der Waals surface area (Å²) in [5, 5.41) is 12.0. The first-order valence-corrected chi connectivity index (χ1v) is 8.28. The molecule has 1 aromatic rings. The highest BCUT2D eigenvalue weighted by molar-refractivity contribution is 5.78. The van der Waals surface area contributed by atoms with Crippen LogP contribution < -0.4 is 5.32 Å². The van der Waals surface area contributed by atoms with E-state index >= 15 is 0 Å². The molecule has 2 N–H and O–H groups in total. The van der Waals surface area contributed by atoms with Gasteiger partial charge >= 0.3 is 0 Å². The van der Waals surface area contributed by atoms with Crippen molar-refractivity contribution in [3.8, 4) is 0 Å². The van der Waals surface area contributed by atoms with Gasteiger partial charge in [0.15, 0.2) is 0 Å². The molecule has 4 nitrogen and oxygen atoms in total. The normalized spacial score (nSPS) is 17.4. The monoisotopic (exact) mass is 304 g/mol. The van der Waals surface area contributed by atoms with Crippen molar-refractivity contribution in [1.82, 2.24) is 10.2 Å². The molecule has 1 aliphatic rings. The van der Waals surface area contributed by atoms with Crippen molar-refractivity contribution in [2.75, 3.05) is 33.3 Å². The van der Waals surface area contributed by atoms with E-state index in [1.165, 1.54) is 24.8 Å². The quantitative estimate of drug-likeness (QED) is 0.809. The van der Waals surface area contributed by atoms with Gasteiger partial charge in [-0.3, -0.25) is 9.69 Å². The minimum absolute atomic E-state index is 0.0387. The molecule has 0 unspecified atom stereocenters. The van der Waals surface area contributed by atoms with Crippen LogP contribution in [0.2, 0.25) is 0 Å². The Morgan fingerprint density at radius 1 is 1.23 bits per heavy atom. The van der Waals surface area contributed by atoms with Crippen LogP contribution in [0.25, 0.3) is 0 Å². The van der Waals surface area contributed by atoms with E-state index in [1.807, 2.05) is 18.0 Å². The van der Waals surface area contributed by atoms with Crippen molar-refractivity contribution in [3.05, 3.63) is 35.9 Å². The Bertz CT molecular complexity index is 455. The number of aliphatic hydroxyl groups is 1. The van der Waals surface area contributed by atoms with Crippen molar-refractivity contribution in [2.24, 2.45) is 0 Å². The molecule has 0 bridgehead atoms. The smallest absolute Gasteiger partial charge is 0.234 e. The second kappa shape index (κ2) is 8.30. The van der Waals surface area contributed by atoms with Gasteiger partial charge in [-0.2, -0.15) is 0 Å². The molecule has 2 rings (SSSR count). The third-order valence-corrected chi connectivity index (χ3v) is 4.72. The minimum atomic E-state index is 0.0387. The lowest BCUT2D eigenvalue weighted by Crippen LogP contribution is -2.45. The molecular weight excluding hydrogens is 276 g/mol. The van der Waals surface area contributed by atoms with Crippen LogP contribution in [0.15, 0.2) is 30.3 Å². The summed E-state index contributed by atoms with van der Waals surface area (Å²) in [5.74, 6) is 0.0387. The molecule has 1 fully saturated rings.